The molecule has 1 radical (unpaired) electrons. The molecule has 0 saturated heterocycles. The van der Waals surface area contributed by atoms with Gasteiger partial charge in [0.2, 0.25) is 12.1 Å². The maximum Gasteiger partial charge on any atom is 0.214 e. The first kappa shape index (κ1) is 11.5. The minimum atomic E-state index is -1.40. The minimum absolute atomic E-state index is 0.111. The van der Waals surface area contributed by atoms with Crippen LogP contribution in [0.15, 0.2) is 25.3 Å². The van der Waals surface area contributed by atoms with E-state index in [1.807, 2.05) is 0 Å². The Hall–Kier alpha value is -1.51. The summed E-state index contributed by atoms with van der Waals surface area (Å²) >= 11 is 0. The molecule has 0 saturated carbocycles. The van der Waals surface area contributed by atoms with Crippen LogP contribution in [0, 0.1) is 5.41 Å². The van der Waals surface area contributed by atoms with E-state index in [-0.39, 0.29) is 19.1 Å². The van der Waals surface area contributed by atoms with Crippen molar-refractivity contribution in [2.45, 2.75) is 12.8 Å². The number of carbonyl (C=O) groups excluding carboxylic acids is 3. The van der Waals surface area contributed by atoms with Crippen LogP contribution in [-0.4, -0.2) is 18.4 Å². The lowest BCUT2D eigenvalue weighted by Crippen LogP contribution is -2.32. The second-order valence-electron chi connectivity index (χ2n) is 2.65. The monoisotopic (exact) mass is 179 g/mol. The van der Waals surface area contributed by atoms with Crippen LogP contribution in [0.5, 0.6) is 0 Å². The van der Waals surface area contributed by atoms with Crippen molar-refractivity contribution >= 4 is 18.4 Å². The van der Waals surface area contributed by atoms with E-state index < -0.39 is 11.2 Å². The molecule has 3 heteroatoms. The molecule has 0 heterocycles. The Kier molecular flexibility index (Phi) is 4.59. The lowest BCUT2D eigenvalue weighted by atomic mass is 9.79. The van der Waals surface area contributed by atoms with Gasteiger partial charge in [0.1, 0.15) is 5.41 Å². The van der Waals surface area contributed by atoms with E-state index in [4.69, 9.17) is 0 Å². The van der Waals surface area contributed by atoms with Crippen molar-refractivity contribution in [1.29, 1.82) is 0 Å². The number of allylic oxidation sites excluding steroid dienone is 2. The summed E-state index contributed by atoms with van der Waals surface area (Å²) < 4.78 is 0. The topological polar surface area (TPSA) is 51.2 Å². The molecule has 0 unspecified atom stereocenters. The predicted octanol–water partition coefficient (Wildman–Crippen LogP) is 1.00. The van der Waals surface area contributed by atoms with Gasteiger partial charge >= 0.3 is 0 Å². The highest BCUT2D eigenvalue weighted by Crippen LogP contribution is 2.25. The predicted molar refractivity (Wildman–Crippen MR) is 48.8 cm³/mol. The first-order valence-electron chi connectivity index (χ1n) is 3.77. The maximum atomic E-state index is 11.1. The highest BCUT2D eigenvalue weighted by molar-refractivity contribution is 6.31. The molecule has 0 aliphatic heterocycles. The van der Waals surface area contributed by atoms with E-state index in [0.29, 0.717) is 0 Å². The minimum Gasteiger partial charge on any atom is -0.295 e. The van der Waals surface area contributed by atoms with E-state index in [1.165, 1.54) is 12.2 Å². The van der Waals surface area contributed by atoms with Gasteiger partial charge in [-0.1, -0.05) is 12.2 Å². The van der Waals surface area contributed by atoms with Gasteiger partial charge in [-0.25, -0.2) is 0 Å². The molecular weight excluding hydrogens is 168 g/mol. The van der Waals surface area contributed by atoms with E-state index >= 15 is 0 Å². The van der Waals surface area contributed by atoms with Crippen molar-refractivity contribution in [3.8, 4) is 0 Å². The molecule has 0 bridgehead atoms. The Balaban J connectivity index is 4.92. The highest BCUT2D eigenvalue weighted by Gasteiger charge is 2.36. The van der Waals surface area contributed by atoms with Crippen LogP contribution in [0.2, 0.25) is 0 Å². The third kappa shape index (κ3) is 2.47. The first-order valence-corrected chi connectivity index (χ1v) is 3.77. The lowest BCUT2D eigenvalue weighted by Gasteiger charge is -2.19. The standard InChI is InChI=1S/C10H11O3/c1-3-5-10(8-12,6-4-2)9(13)7-11/h3-4,7H,1-2,5-6H2. The van der Waals surface area contributed by atoms with Crippen LogP contribution in [0.4, 0.5) is 0 Å². The molecule has 0 aliphatic carbocycles. The van der Waals surface area contributed by atoms with Gasteiger partial charge in [0.25, 0.3) is 0 Å². The molecule has 0 aromatic rings. The number of ketones is 1. The molecule has 0 fully saturated rings. The zero-order chi connectivity index (χ0) is 10.3. The fourth-order valence-electron chi connectivity index (χ4n) is 1.02. The zero-order valence-electron chi connectivity index (χ0n) is 7.29. The summed E-state index contributed by atoms with van der Waals surface area (Å²) in [5.74, 6) is -0.776. The van der Waals surface area contributed by atoms with Gasteiger partial charge in [0.15, 0.2) is 6.29 Å². The Morgan fingerprint density at radius 1 is 1.31 bits per heavy atom. The summed E-state index contributed by atoms with van der Waals surface area (Å²) in [6.45, 7) is 6.82. The molecule has 0 aromatic carbocycles. The van der Waals surface area contributed by atoms with Gasteiger partial charge in [0.05, 0.1) is 0 Å². The van der Waals surface area contributed by atoms with Gasteiger partial charge < -0.3 is 0 Å². The molecule has 69 valence electrons. The third-order valence-electron chi connectivity index (χ3n) is 1.76. The number of hydrogen-bond donors (Lipinski definition) is 0. The summed E-state index contributed by atoms with van der Waals surface area (Å²) in [4.78, 5) is 32.0. The van der Waals surface area contributed by atoms with Crippen LogP contribution < -0.4 is 0 Å². The van der Waals surface area contributed by atoms with Crippen LogP contribution in [-0.2, 0) is 14.4 Å². The average Bonchev–Trinajstić information content (AvgIpc) is 2.16. The number of rotatable bonds is 7. The van der Waals surface area contributed by atoms with Crippen molar-refractivity contribution in [2.24, 2.45) is 5.41 Å². The smallest absolute Gasteiger partial charge is 0.214 e. The summed E-state index contributed by atoms with van der Waals surface area (Å²) in [7, 11) is 0. The van der Waals surface area contributed by atoms with Crippen LogP contribution >= 0.6 is 0 Å². The number of hydrogen-bond acceptors (Lipinski definition) is 3. The maximum absolute atomic E-state index is 11.1. The Bertz CT molecular complexity index is 231. The van der Waals surface area contributed by atoms with Crippen LogP contribution in [0.1, 0.15) is 12.8 Å². The molecule has 0 spiro atoms. The molecule has 0 N–H and O–H groups in total. The summed E-state index contributed by atoms with van der Waals surface area (Å²) in [6, 6.07) is 0. The Morgan fingerprint density at radius 3 is 2.00 bits per heavy atom. The molecule has 0 aromatic heterocycles. The van der Waals surface area contributed by atoms with Gasteiger partial charge in [-0.15, -0.1) is 13.2 Å². The molecule has 3 nitrogen and oxygen atoms in total. The van der Waals surface area contributed by atoms with Gasteiger partial charge in [0, 0.05) is 0 Å². The summed E-state index contributed by atoms with van der Waals surface area (Å²) in [5, 5.41) is 0. The highest BCUT2D eigenvalue weighted by atomic mass is 16.2. The molecule has 0 aliphatic rings. The number of aldehydes is 1. The van der Waals surface area contributed by atoms with E-state index in [2.05, 4.69) is 13.2 Å². The number of carbonyl (C=O) groups is 2. The van der Waals surface area contributed by atoms with Crippen molar-refractivity contribution < 1.29 is 14.4 Å². The zero-order valence-corrected chi connectivity index (χ0v) is 7.29. The largest absolute Gasteiger partial charge is 0.295 e. The second kappa shape index (κ2) is 5.19. The van der Waals surface area contributed by atoms with Crippen LogP contribution in [0.25, 0.3) is 0 Å². The lowest BCUT2D eigenvalue weighted by molar-refractivity contribution is -0.134. The van der Waals surface area contributed by atoms with E-state index in [1.54, 1.807) is 6.29 Å². The second-order valence-corrected chi connectivity index (χ2v) is 2.65. The van der Waals surface area contributed by atoms with E-state index in [9.17, 15) is 14.4 Å². The SMILES string of the molecule is C=CCC([C]=O)(CC=C)C(=O)C=O. The van der Waals surface area contributed by atoms with E-state index in [0.717, 1.165) is 0 Å². The fourth-order valence-corrected chi connectivity index (χ4v) is 1.02. The first-order chi connectivity index (χ1) is 6.16. The molecule has 13 heavy (non-hydrogen) atoms. The van der Waals surface area contributed by atoms with Crippen molar-refractivity contribution in [1.82, 2.24) is 0 Å². The molecular formula is C10H11O3. The quantitative estimate of drug-likeness (QED) is 0.253. The summed E-state index contributed by atoms with van der Waals surface area (Å²) in [5.41, 5.74) is -1.40. The van der Waals surface area contributed by atoms with Crippen molar-refractivity contribution in [3.05, 3.63) is 25.3 Å². The van der Waals surface area contributed by atoms with Gasteiger partial charge in [-0.05, 0) is 12.8 Å². The molecule has 0 amide bonds. The van der Waals surface area contributed by atoms with Crippen molar-refractivity contribution in [3.63, 3.8) is 0 Å². The van der Waals surface area contributed by atoms with Gasteiger partial charge in [-0.3, -0.25) is 14.4 Å². The molecule has 0 atom stereocenters. The fraction of sp³-hybridized carbons (Fsp3) is 0.300. The normalized spacial score (nSPS) is 10.2. The average molecular weight is 179 g/mol. The Morgan fingerprint density at radius 2 is 1.77 bits per heavy atom. The third-order valence-corrected chi connectivity index (χ3v) is 1.76. The summed E-state index contributed by atoms with van der Waals surface area (Å²) in [6.07, 6.45) is 4.78. The van der Waals surface area contributed by atoms with Crippen molar-refractivity contribution in [2.75, 3.05) is 0 Å². The molecule has 0 rings (SSSR count). The number of Topliss-reactive ketones (excluding diaryl/α,β-unsaturated/α-hetero) is 1. The van der Waals surface area contributed by atoms with Gasteiger partial charge in [-0.2, -0.15) is 0 Å². The van der Waals surface area contributed by atoms with Crippen LogP contribution in [0.3, 0.4) is 0 Å². The Labute approximate surface area is 77.1 Å².